The molecule has 0 fully saturated rings. The third-order valence-electron chi connectivity index (χ3n) is 4.05. The van der Waals surface area contributed by atoms with Gasteiger partial charge in [0.15, 0.2) is 0 Å². The Kier molecular flexibility index (Phi) is 6.50. The second-order valence-electron chi connectivity index (χ2n) is 6.08. The summed E-state index contributed by atoms with van der Waals surface area (Å²) >= 11 is 0. The van der Waals surface area contributed by atoms with E-state index in [0.29, 0.717) is 12.0 Å². The number of aliphatic hydroxyl groups is 1. The number of halogens is 1. The first-order valence-corrected chi connectivity index (χ1v) is 8.09. The van der Waals surface area contributed by atoms with Crippen molar-refractivity contribution in [2.75, 3.05) is 6.54 Å². The fourth-order valence-electron chi connectivity index (χ4n) is 2.54. The molecular weight excluding hydrogens is 325 g/mol. The van der Waals surface area contributed by atoms with Crippen molar-refractivity contribution >= 4 is 5.97 Å². The lowest BCUT2D eigenvalue weighted by atomic mass is 10.0. The number of carboxylic acids is 1. The number of rotatable bonds is 8. The van der Waals surface area contributed by atoms with Crippen molar-refractivity contribution in [1.29, 1.82) is 0 Å². The van der Waals surface area contributed by atoms with E-state index in [1.54, 1.807) is 6.07 Å². The average Bonchev–Trinajstić information content (AvgIpc) is 2.58. The Balaban J connectivity index is 1.85. The second kappa shape index (κ2) is 8.60. The van der Waals surface area contributed by atoms with Gasteiger partial charge in [0.25, 0.3) is 0 Å². The maximum atomic E-state index is 13.1. The predicted molar refractivity (Wildman–Crippen MR) is 92.2 cm³/mol. The molecule has 4 N–H and O–H groups in total. The molecule has 6 heteroatoms. The summed E-state index contributed by atoms with van der Waals surface area (Å²) in [6.07, 6.45) is 0.589. The van der Waals surface area contributed by atoms with Crippen LogP contribution in [0.15, 0.2) is 42.5 Å². The number of phenols is 1. The van der Waals surface area contributed by atoms with Crippen LogP contribution in [0.3, 0.4) is 0 Å². The van der Waals surface area contributed by atoms with Crippen LogP contribution in [-0.2, 0) is 6.42 Å². The van der Waals surface area contributed by atoms with E-state index >= 15 is 0 Å². The van der Waals surface area contributed by atoms with Crippen LogP contribution in [-0.4, -0.2) is 33.9 Å². The minimum Gasteiger partial charge on any atom is -0.507 e. The van der Waals surface area contributed by atoms with Gasteiger partial charge in [0.2, 0.25) is 0 Å². The third-order valence-corrected chi connectivity index (χ3v) is 4.05. The van der Waals surface area contributed by atoms with Crippen molar-refractivity contribution < 1.29 is 24.5 Å². The van der Waals surface area contributed by atoms with E-state index < -0.39 is 12.1 Å². The van der Waals surface area contributed by atoms with Gasteiger partial charge in [-0.15, -0.1) is 0 Å². The summed E-state index contributed by atoms with van der Waals surface area (Å²) in [5.41, 5.74) is 1.09. The number of hydrogen-bond acceptors (Lipinski definition) is 4. The van der Waals surface area contributed by atoms with Gasteiger partial charge in [0.05, 0.1) is 6.10 Å². The number of aliphatic hydroxyl groups excluding tert-OH is 1. The smallest absolute Gasteiger partial charge is 0.339 e. The molecule has 2 rings (SSSR count). The lowest BCUT2D eigenvalue weighted by Gasteiger charge is -2.18. The maximum Gasteiger partial charge on any atom is 0.339 e. The minimum atomic E-state index is -1.25. The number of carboxylic acid groups (broad SMARTS) is 1. The molecule has 25 heavy (non-hydrogen) atoms. The van der Waals surface area contributed by atoms with Crippen LogP contribution in [0, 0.1) is 5.82 Å². The Morgan fingerprint density at radius 3 is 2.68 bits per heavy atom. The number of benzene rings is 2. The first-order chi connectivity index (χ1) is 11.9. The van der Waals surface area contributed by atoms with E-state index in [9.17, 15) is 19.4 Å². The molecule has 0 spiro atoms. The number of aromatic carboxylic acids is 1. The normalized spacial score (nSPS) is 13.4. The molecule has 0 amide bonds. The van der Waals surface area contributed by atoms with E-state index in [2.05, 4.69) is 5.32 Å². The molecule has 0 saturated heterocycles. The molecule has 0 saturated carbocycles. The highest BCUT2D eigenvalue weighted by Gasteiger charge is 2.15. The number of hydrogen-bond donors (Lipinski definition) is 4. The maximum absolute atomic E-state index is 13.1. The van der Waals surface area contributed by atoms with Crippen molar-refractivity contribution in [3.05, 3.63) is 65.0 Å². The average molecular weight is 347 g/mol. The van der Waals surface area contributed by atoms with Crippen molar-refractivity contribution in [2.45, 2.75) is 31.9 Å². The monoisotopic (exact) mass is 347 g/mol. The number of aromatic hydroxyl groups is 1. The van der Waals surface area contributed by atoms with Gasteiger partial charge >= 0.3 is 5.97 Å². The van der Waals surface area contributed by atoms with Crippen molar-refractivity contribution in [3.63, 3.8) is 0 Å². The zero-order valence-corrected chi connectivity index (χ0v) is 13.9. The molecule has 0 heterocycles. The number of aryl methyl sites for hydroxylation is 1. The van der Waals surface area contributed by atoms with E-state index in [4.69, 9.17) is 5.11 Å². The molecular formula is C19H22FNO4. The highest BCUT2D eigenvalue weighted by Crippen LogP contribution is 2.22. The second-order valence-corrected chi connectivity index (χ2v) is 6.08. The Bertz CT molecular complexity index is 735. The Labute approximate surface area is 145 Å². The van der Waals surface area contributed by atoms with Gasteiger partial charge in [-0.05, 0) is 55.2 Å². The Morgan fingerprint density at radius 2 is 2.00 bits per heavy atom. The van der Waals surface area contributed by atoms with Gasteiger partial charge in [-0.3, -0.25) is 0 Å². The van der Waals surface area contributed by atoms with Gasteiger partial charge in [-0.1, -0.05) is 18.2 Å². The molecule has 0 aliphatic carbocycles. The molecule has 2 atom stereocenters. The molecule has 2 aromatic carbocycles. The molecule has 2 unspecified atom stereocenters. The van der Waals surface area contributed by atoms with Crippen LogP contribution in [0.1, 0.15) is 40.9 Å². The van der Waals surface area contributed by atoms with Crippen LogP contribution in [0.4, 0.5) is 4.39 Å². The van der Waals surface area contributed by atoms with Gasteiger partial charge in [-0.25, -0.2) is 9.18 Å². The van der Waals surface area contributed by atoms with Gasteiger partial charge in [-0.2, -0.15) is 0 Å². The minimum absolute atomic E-state index is 0.0916. The first kappa shape index (κ1) is 18.9. The van der Waals surface area contributed by atoms with Gasteiger partial charge in [0.1, 0.15) is 17.1 Å². The van der Waals surface area contributed by atoms with E-state index in [1.807, 2.05) is 13.0 Å². The Hall–Kier alpha value is -2.44. The van der Waals surface area contributed by atoms with Crippen LogP contribution in [0.5, 0.6) is 5.75 Å². The van der Waals surface area contributed by atoms with Crippen LogP contribution in [0.25, 0.3) is 0 Å². The summed E-state index contributed by atoms with van der Waals surface area (Å²) in [5.74, 6) is -1.84. The summed E-state index contributed by atoms with van der Waals surface area (Å²) in [7, 11) is 0. The summed E-state index contributed by atoms with van der Waals surface area (Å²) in [6.45, 7) is 2.21. The molecule has 0 aromatic heterocycles. The van der Waals surface area contributed by atoms with Crippen molar-refractivity contribution in [2.24, 2.45) is 0 Å². The largest absolute Gasteiger partial charge is 0.507 e. The summed E-state index contributed by atoms with van der Waals surface area (Å²) < 4.78 is 13.1. The van der Waals surface area contributed by atoms with E-state index in [1.165, 1.54) is 30.3 Å². The quantitative estimate of drug-likeness (QED) is 0.590. The first-order valence-electron chi connectivity index (χ1n) is 8.09. The fourth-order valence-corrected chi connectivity index (χ4v) is 2.54. The molecule has 0 bridgehead atoms. The van der Waals surface area contributed by atoms with Crippen LogP contribution < -0.4 is 5.32 Å². The number of nitrogens with one attached hydrogen (secondary N) is 1. The lowest BCUT2D eigenvalue weighted by molar-refractivity contribution is 0.0693. The van der Waals surface area contributed by atoms with Crippen molar-refractivity contribution in [1.82, 2.24) is 5.32 Å². The summed E-state index contributed by atoms with van der Waals surface area (Å²) in [4.78, 5) is 11.0. The molecule has 5 nitrogen and oxygen atoms in total. The molecule has 0 aliphatic rings. The van der Waals surface area contributed by atoms with Crippen LogP contribution in [0.2, 0.25) is 0 Å². The number of carbonyl (C=O) groups is 1. The fraction of sp³-hybridized carbons (Fsp3) is 0.316. The molecule has 2 aromatic rings. The molecule has 0 aliphatic heterocycles. The summed E-state index contributed by atoms with van der Waals surface area (Å²) in [6, 6.07) is 10.6. The zero-order chi connectivity index (χ0) is 18.4. The molecule has 134 valence electrons. The van der Waals surface area contributed by atoms with Gasteiger partial charge < -0.3 is 20.6 Å². The van der Waals surface area contributed by atoms with Crippen LogP contribution >= 0.6 is 0 Å². The highest BCUT2D eigenvalue weighted by molar-refractivity contribution is 5.90. The van der Waals surface area contributed by atoms with E-state index in [-0.39, 0.29) is 29.7 Å². The topological polar surface area (TPSA) is 89.8 Å². The zero-order valence-electron chi connectivity index (χ0n) is 13.9. The SMILES string of the molecule is CC(CCc1cccc(F)c1)NCC(O)c1ccc(O)c(C(=O)O)c1. The Morgan fingerprint density at radius 1 is 1.24 bits per heavy atom. The summed E-state index contributed by atoms with van der Waals surface area (Å²) in [5, 5.41) is 31.9. The molecule has 0 radical (unpaired) electrons. The lowest BCUT2D eigenvalue weighted by Crippen LogP contribution is -2.30. The van der Waals surface area contributed by atoms with E-state index in [0.717, 1.165) is 12.0 Å². The van der Waals surface area contributed by atoms with Gasteiger partial charge in [0, 0.05) is 12.6 Å². The van der Waals surface area contributed by atoms with Crippen molar-refractivity contribution in [3.8, 4) is 5.75 Å². The standard InChI is InChI=1S/C19H22FNO4/c1-12(5-6-13-3-2-4-15(20)9-13)21-11-18(23)14-7-8-17(22)16(10-14)19(24)25/h2-4,7-10,12,18,21-23H,5-6,11H2,1H3,(H,24,25). The third kappa shape index (κ3) is 5.55. The highest BCUT2D eigenvalue weighted by atomic mass is 19.1. The predicted octanol–water partition coefficient (Wildman–Crippen LogP) is 2.87.